The second kappa shape index (κ2) is 20.7. The molecule has 4 heterocycles. The Bertz CT molecular complexity index is 2430. The molecule has 14 nitrogen and oxygen atoms in total. The second-order valence-corrected chi connectivity index (χ2v) is 18.9. The molecule has 6 atom stereocenters. The van der Waals surface area contributed by atoms with Crippen LogP contribution in [0.5, 0.6) is 0 Å². The molecule has 4 aliphatic heterocycles. The number of carbonyl (C=O) groups is 8. The highest BCUT2D eigenvalue weighted by atomic mass is 16.4. The summed E-state index contributed by atoms with van der Waals surface area (Å²) in [6.45, 7) is 1.40. The van der Waals surface area contributed by atoms with Gasteiger partial charge in [0.25, 0.3) is 23.6 Å². The summed E-state index contributed by atoms with van der Waals surface area (Å²) in [5, 5.41) is 19.4. The van der Waals surface area contributed by atoms with Crippen molar-refractivity contribution in [3.63, 3.8) is 0 Å². The van der Waals surface area contributed by atoms with Crippen molar-refractivity contribution in [2.75, 3.05) is 26.2 Å². The van der Waals surface area contributed by atoms with E-state index in [0.717, 1.165) is 47.9 Å². The zero-order valence-corrected chi connectivity index (χ0v) is 38.0. The Labute approximate surface area is 402 Å². The van der Waals surface area contributed by atoms with Crippen molar-refractivity contribution in [2.24, 2.45) is 23.7 Å². The molecule has 4 aromatic carbocycles. The van der Waals surface area contributed by atoms with Gasteiger partial charge >= 0.3 is 11.9 Å². The first kappa shape index (κ1) is 48.5. The minimum Gasteiger partial charge on any atom is -0.481 e. The monoisotopic (exact) mass is 936 g/mol. The van der Waals surface area contributed by atoms with Gasteiger partial charge in [-0.25, -0.2) is 0 Å². The number of carboxylic acids is 2. The van der Waals surface area contributed by atoms with E-state index in [0.29, 0.717) is 86.7 Å². The van der Waals surface area contributed by atoms with Crippen LogP contribution in [-0.4, -0.2) is 103 Å². The van der Waals surface area contributed by atoms with E-state index in [4.69, 9.17) is 0 Å². The molecule has 0 spiro atoms. The normalized spacial score (nSPS) is 23.7. The molecule has 0 aromatic heterocycles. The van der Waals surface area contributed by atoms with Gasteiger partial charge in [-0.3, -0.25) is 48.2 Å². The molecule has 2 fully saturated rings. The van der Waals surface area contributed by atoms with Crippen LogP contribution in [0.1, 0.15) is 147 Å². The molecule has 6 aliphatic rings. The maximum atomic E-state index is 13.7. The number of imide groups is 2. The number of hydrogen-bond donors (Lipinski definition) is 2. The third-order valence-corrected chi connectivity index (χ3v) is 15.2. The van der Waals surface area contributed by atoms with Crippen LogP contribution in [0.15, 0.2) is 97.1 Å². The Hall–Kier alpha value is -6.96. The zero-order chi connectivity index (χ0) is 47.6. The van der Waals surface area contributed by atoms with Crippen molar-refractivity contribution in [3.05, 3.63) is 142 Å². The SMILES string of the molecule is C.O=C(O)[C@@H]1CCCC[C@@H]1C(=O)N1CCc2ccccc2[C@H]1CCN1C(=O)c2ccccc2C1=O.O=C(O)[C@H]1CCCC[C@H]1C(=O)N1CCc2ccccc2[C@@H]1CCN1C(=O)c2ccccc2C1=O. The van der Waals surface area contributed by atoms with Gasteiger partial charge in [-0.2, -0.15) is 0 Å². The highest BCUT2D eigenvalue weighted by Gasteiger charge is 2.44. The number of benzene rings is 4. The third-order valence-electron chi connectivity index (χ3n) is 15.2. The van der Waals surface area contributed by atoms with Crippen molar-refractivity contribution in [1.29, 1.82) is 0 Å². The summed E-state index contributed by atoms with van der Waals surface area (Å²) in [5.41, 5.74) is 5.98. The van der Waals surface area contributed by atoms with Gasteiger partial charge in [-0.1, -0.05) is 106 Å². The van der Waals surface area contributed by atoms with Crippen LogP contribution in [0, 0.1) is 23.7 Å². The first-order chi connectivity index (χ1) is 32.9. The van der Waals surface area contributed by atoms with E-state index in [1.165, 1.54) is 9.80 Å². The number of carboxylic acid groups (broad SMARTS) is 2. The van der Waals surface area contributed by atoms with Gasteiger partial charge < -0.3 is 20.0 Å². The minimum absolute atomic E-state index is 0. The Morgan fingerprint density at radius 1 is 0.449 bits per heavy atom. The molecule has 2 N–H and O–H groups in total. The van der Waals surface area contributed by atoms with Crippen molar-refractivity contribution in [1.82, 2.24) is 19.6 Å². The molecule has 0 radical (unpaired) electrons. The summed E-state index contributed by atoms with van der Waals surface area (Å²) in [6.07, 6.45) is 7.81. The average Bonchev–Trinajstić information content (AvgIpc) is 3.76. The molecular weight excluding hydrogens is 877 g/mol. The van der Waals surface area contributed by atoms with E-state index in [9.17, 15) is 48.6 Å². The lowest BCUT2D eigenvalue weighted by atomic mass is 9.77. The van der Waals surface area contributed by atoms with Crippen molar-refractivity contribution in [2.45, 2.75) is 96.6 Å². The van der Waals surface area contributed by atoms with Gasteiger partial charge in [0.15, 0.2) is 0 Å². The maximum absolute atomic E-state index is 13.7. The number of nitrogens with zero attached hydrogens (tertiary/aromatic N) is 4. The Morgan fingerprint density at radius 3 is 1.09 bits per heavy atom. The molecule has 0 bridgehead atoms. The molecule has 2 aliphatic carbocycles. The molecule has 69 heavy (non-hydrogen) atoms. The van der Waals surface area contributed by atoms with E-state index in [2.05, 4.69) is 0 Å². The molecule has 6 amide bonds. The third kappa shape index (κ3) is 9.33. The van der Waals surface area contributed by atoms with Gasteiger partial charge in [0.05, 0.1) is 58.0 Å². The Kier molecular flexibility index (Phi) is 14.6. The zero-order valence-electron chi connectivity index (χ0n) is 38.0. The Balaban J connectivity index is 0.000000183. The summed E-state index contributed by atoms with van der Waals surface area (Å²) in [6, 6.07) is 28.9. The first-order valence-corrected chi connectivity index (χ1v) is 24.1. The fourth-order valence-corrected chi connectivity index (χ4v) is 11.7. The van der Waals surface area contributed by atoms with Crippen molar-refractivity contribution >= 4 is 47.4 Å². The predicted octanol–water partition coefficient (Wildman–Crippen LogP) is 8.02. The summed E-state index contributed by atoms with van der Waals surface area (Å²) in [7, 11) is 0. The highest BCUT2D eigenvalue weighted by Crippen LogP contribution is 2.41. The lowest BCUT2D eigenvalue weighted by molar-refractivity contribution is -0.153. The van der Waals surface area contributed by atoms with Crippen LogP contribution < -0.4 is 0 Å². The van der Waals surface area contributed by atoms with Crippen LogP contribution >= 0.6 is 0 Å². The smallest absolute Gasteiger partial charge is 0.307 e. The molecule has 14 heteroatoms. The summed E-state index contributed by atoms with van der Waals surface area (Å²) in [5.74, 6) is -5.63. The molecule has 0 saturated heterocycles. The average molecular weight is 937 g/mol. The number of carbonyl (C=O) groups excluding carboxylic acids is 6. The fraction of sp³-hybridized carbons (Fsp3) is 0.418. The van der Waals surface area contributed by atoms with Crippen LogP contribution in [-0.2, 0) is 32.0 Å². The van der Waals surface area contributed by atoms with E-state index in [-0.39, 0.29) is 68.0 Å². The van der Waals surface area contributed by atoms with Gasteiger partial charge in [0.1, 0.15) is 0 Å². The standard InChI is InChI=1S/2C27H28N2O5.CH4/c2*30-24(21-11-5-6-12-22(21)27(33)34)28-15-13-17-7-1-2-8-18(17)23(28)14-16-29-25(31)19-9-3-4-10-20(19)26(29)32;/h2*1-4,7-10,21-23H,5-6,11-16H2,(H,33,34);1H4/t2*21-,22+,23+;/m10./s1. The van der Waals surface area contributed by atoms with Crippen molar-refractivity contribution < 1.29 is 48.6 Å². The quantitative estimate of drug-likeness (QED) is 0.147. The van der Waals surface area contributed by atoms with E-state index in [1.54, 1.807) is 48.5 Å². The number of hydrogen-bond acceptors (Lipinski definition) is 8. The molecule has 4 aromatic rings. The van der Waals surface area contributed by atoms with Crippen LogP contribution in [0.2, 0.25) is 0 Å². The molecule has 0 unspecified atom stereocenters. The van der Waals surface area contributed by atoms with Crippen LogP contribution in [0.3, 0.4) is 0 Å². The summed E-state index contributed by atoms with van der Waals surface area (Å²) in [4.78, 5) is 109. The fourth-order valence-electron chi connectivity index (χ4n) is 11.7. The highest BCUT2D eigenvalue weighted by molar-refractivity contribution is 6.22. The van der Waals surface area contributed by atoms with E-state index < -0.39 is 35.6 Å². The van der Waals surface area contributed by atoms with Gasteiger partial charge in [0.2, 0.25) is 11.8 Å². The number of rotatable bonds is 10. The molecule has 360 valence electrons. The molecular formula is C55H60N4O10. The van der Waals surface area contributed by atoms with E-state index >= 15 is 0 Å². The van der Waals surface area contributed by atoms with Gasteiger partial charge in [-0.05, 0) is 97.9 Å². The van der Waals surface area contributed by atoms with E-state index in [1.807, 2.05) is 58.3 Å². The van der Waals surface area contributed by atoms with Gasteiger partial charge in [-0.15, -0.1) is 0 Å². The molecule has 2 saturated carbocycles. The topological polar surface area (TPSA) is 190 Å². The number of amides is 6. The minimum atomic E-state index is -0.905. The lowest BCUT2D eigenvalue weighted by Crippen LogP contribution is -2.47. The Morgan fingerprint density at radius 2 is 0.754 bits per heavy atom. The first-order valence-electron chi connectivity index (χ1n) is 24.1. The summed E-state index contributed by atoms with van der Waals surface area (Å²) >= 11 is 0. The van der Waals surface area contributed by atoms with Crippen LogP contribution in [0.25, 0.3) is 0 Å². The number of aliphatic carboxylic acids is 2. The lowest BCUT2D eigenvalue weighted by Gasteiger charge is -2.41. The predicted molar refractivity (Wildman–Crippen MR) is 255 cm³/mol. The number of fused-ring (bicyclic) bond motifs is 4. The van der Waals surface area contributed by atoms with Crippen LogP contribution in [0.4, 0.5) is 0 Å². The largest absolute Gasteiger partial charge is 0.481 e. The van der Waals surface area contributed by atoms with Gasteiger partial charge in [0, 0.05) is 26.2 Å². The maximum Gasteiger partial charge on any atom is 0.307 e. The summed E-state index contributed by atoms with van der Waals surface area (Å²) < 4.78 is 0. The molecule has 10 rings (SSSR count). The second-order valence-electron chi connectivity index (χ2n) is 18.9. The van der Waals surface area contributed by atoms with Crippen molar-refractivity contribution in [3.8, 4) is 0 Å².